The average molecular weight is 521 g/mol. The molecule has 0 radical (unpaired) electrons. The molecule has 3 aromatic rings. The first kappa shape index (κ1) is 27.6. The van der Waals surface area contributed by atoms with E-state index in [2.05, 4.69) is 35.0 Å². The van der Waals surface area contributed by atoms with Crippen LogP contribution in [0.15, 0.2) is 48.8 Å². The monoisotopic (exact) mass is 520 g/mol. The number of carbonyl (C=O) groups excluding carboxylic acids is 1. The summed E-state index contributed by atoms with van der Waals surface area (Å²) in [7, 11) is 1.99. The maximum atomic E-state index is 14.5. The molecule has 38 heavy (non-hydrogen) atoms. The molecule has 1 fully saturated rings. The van der Waals surface area contributed by atoms with E-state index in [1.807, 2.05) is 38.2 Å². The number of hydrogen-bond acceptors (Lipinski definition) is 9. The molecule has 0 bridgehead atoms. The number of ketones is 1. The predicted octanol–water partition coefficient (Wildman–Crippen LogP) is 3.30. The summed E-state index contributed by atoms with van der Waals surface area (Å²) < 4.78 is 14.5. The van der Waals surface area contributed by atoms with Crippen molar-refractivity contribution in [3.63, 3.8) is 0 Å². The summed E-state index contributed by atoms with van der Waals surface area (Å²) in [4.78, 5) is 31.8. The molecular formula is C28H37FN8O. The lowest BCUT2D eigenvalue weighted by Crippen LogP contribution is -2.47. The predicted molar refractivity (Wildman–Crippen MR) is 149 cm³/mol. The van der Waals surface area contributed by atoms with Crippen molar-refractivity contribution in [3.05, 3.63) is 60.2 Å². The van der Waals surface area contributed by atoms with Gasteiger partial charge in [-0.05, 0) is 54.9 Å². The zero-order valence-electron chi connectivity index (χ0n) is 22.2. The lowest BCUT2D eigenvalue weighted by Gasteiger charge is -2.34. The van der Waals surface area contributed by atoms with E-state index in [1.54, 1.807) is 18.5 Å². The molecular weight excluding hydrogens is 483 g/mol. The van der Waals surface area contributed by atoms with Gasteiger partial charge in [-0.25, -0.2) is 19.3 Å². The quantitative estimate of drug-likeness (QED) is 0.372. The molecule has 10 heteroatoms. The Morgan fingerprint density at radius 1 is 1.11 bits per heavy atom. The van der Waals surface area contributed by atoms with Gasteiger partial charge in [0.25, 0.3) is 0 Å². The minimum Gasteiger partial charge on any atom is -0.360 e. The van der Waals surface area contributed by atoms with E-state index in [9.17, 15) is 9.18 Å². The van der Waals surface area contributed by atoms with Crippen molar-refractivity contribution >= 4 is 23.2 Å². The van der Waals surface area contributed by atoms with E-state index in [1.165, 1.54) is 6.07 Å². The number of nitrogens with one attached hydrogen (secondary N) is 1. The van der Waals surface area contributed by atoms with Gasteiger partial charge in [-0.1, -0.05) is 6.92 Å². The van der Waals surface area contributed by atoms with Crippen LogP contribution in [0.2, 0.25) is 0 Å². The number of halogens is 1. The topological polar surface area (TPSA) is 104 Å². The SMILES string of the molecule is CCC(=O)CN1CCN(Cc2cc(F)cc(Nc3nccc(-c4ccc(N(C)CCCN)nc4)n3)c2)CC1. The summed E-state index contributed by atoms with van der Waals surface area (Å²) in [5.41, 5.74) is 8.67. The Hall–Kier alpha value is -3.47. The van der Waals surface area contributed by atoms with Gasteiger partial charge in [0.05, 0.1) is 12.2 Å². The number of rotatable bonds is 12. The van der Waals surface area contributed by atoms with Crippen molar-refractivity contribution < 1.29 is 9.18 Å². The van der Waals surface area contributed by atoms with E-state index in [0.29, 0.717) is 37.7 Å². The highest BCUT2D eigenvalue weighted by Gasteiger charge is 2.19. The fourth-order valence-corrected chi connectivity index (χ4v) is 4.45. The number of pyridine rings is 1. The molecule has 0 atom stereocenters. The van der Waals surface area contributed by atoms with Crippen LogP contribution in [0.1, 0.15) is 25.3 Å². The summed E-state index contributed by atoms with van der Waals surface area (Å²) in [5.74, 6) is 1.21. The molecule has 1 saturated heterocycles. The third kappa shape index (κ3) is 7.77. The van der Waals surface area contributed by atoms with Gasteiger partial charge in [0.15, 0.2) is 0 Å². The normalized spacial score (nSPS) is 14.4. The minimum atomic E-state index is -0.313. The van der Waals surface area contributed by atoms with Crippen LogP contribution in [0, 0.1) is 5.82 Å². The van der Waals surface area contributed by atoms with Crippen molar-refractivity contribution in [2.24, 2.45) is 5.73 Å². The highest BCUT2D eigenvalue weighted by Crippen LogP contribution is 2.23. The molecule has 1 aromatic carbocycles. The number of hydrogen-bond donors (Lipinski definition) is 2. The van der Waals surface area contributed by atoms with Gasteiger partial charge in [-0.2, -0.15) is 0 Å². The highest BCUT2D eigenvalue weighted by atomic mass is 19.1. The van der Waals surface area contributed by atoms with Gasteiger partial charge in [0.2, 0.25) is 5.95 Å². The molecule has 202 valence electrons. The van der Waals surface area contributed by atoms with Crippen LogP contribution in [0.4, 0.5) is 21.8 Å². The number of Topliss-reactive ketones (excluding diaryl/α,β-unsaturated/α-hetero) is 1. The molecule has 9 nitrogen and oxygen atoms in total. The van der Waals surface area contributed by atoms with Crippen molar-refractivity contribution in [1.82, 2.24) is 24.8 Å². The zero-order valence-corrected chi connectivity index (χ0v) is 22.2. The summed E-state index contributed by atoms with van der Waals surface area (Å²) in [6, 6.07) is 10.7. The standard InChI is InChI=1S/C28H37FN8O/c1-3-25(38)20-37-13-11-36(12-14-37)19-21-15-23(29)17-24(16-21)33-28-31-9-7-26(34-28)22-5-6-27(32-18-22)35(2)10-4-8-30/h5-7,9,15-18H,3-4,8,10-14,19-20,30H2,1-2H3,(H,31,33,34). The highest BCUT2D eigenvalue weighted by molar-refractivity contribution is 5.80. The first-order chi connectivity index (χ1) is 18.4. The van der Waals surface area contributed by atoms with E-state index in [4.69, 9.17) is 5.73 Å². The van der Waals surface area contributed by atoms with Gasteiger partial charge >= 0.3 is 0 Å². The Morgan fingerprint density at radius 3 is 2.61 bits per heavy atom. The van der Waals surface area contributed by atoms with Crippen LogP contribution >= 0.6 is 0 Å². The molecule has 0 aliphatic carbocycles. The molecule has 4 rings (SSSR count). The summed E-state index contributed by atoms with van der Waals surface area (Å²) in [6.45, 7) is 7.91. The molecule has 3 heterocycles. The molecule has 1 aliphatic rings. The van der Waals surface area contributed by atoms with Crippen LogP contribution in [-0.4, -0.2) is 83.4 Å². The van der Waals surface area contributed by atoms with Crippen molar-refractivity contribution in [2.45, 2.75) is 26.3 Å². The van der Waals surface area contributed by atoms with E-state index in [-0.39, 0.29) is 11.6 Å². The zero-order chi connectivity index (χ0) is 26.9. The van der Waals surface area contributed by atoms with Crippen LogP contribution in [0.3, 0.4) is 0 Å². The van der Waals surface area contributed by atoms with Crippen LogP contribution in [-0.2, 0) is 11.3 Å². The van der Waals surface area contributed by atoms with Gasteiger partial charge < -0.3 is 16.0 Å². The Bertz CT molecular complexity index is 1200. The van der Waals surface area contributed by atoms with Crippen molar-refractivity contribution in [2.75, 3.05) is 63.1 Å². The molecule has 0 amide bonds. The average Bonchev–Trinajstić information content (AvgIpc) is 2.92. The molecule has 3 N–H and O–H groups in total. The second-order valence-corrected chi connectivity index (χ2v) is 9.65. The lowest BCUT2D eigenvalue weighted by atomic mass is 10.1. The van der Waals surface area contributed by atoms with Gasteiger partial charge in [-0.3, -0.25) is 14.6 Å². The van der Waals surface area contributed by atoms with E-state index >= 15 is 0 Å². The molecule has 2 aromatic heterocycles. The Kier molecular flexibility index (Phi) is 9.69. The second-order valence-electron chi connectivity index (χ2n) is 9.65. The molecule has 0 spiro atoms. The molecule has 0 unspecified atom stereocenters. The van der Waals surface area contributed by atoms with Crippen LogP contribution < -0.4 is 16.0 Å². The van der Waals surface area contributed by atoms with Crippen molar-refractivity contribution in [1.29, 1.82) is 0 Å². The lowest BCUT2D eigenvalue weighted by molar-refractivity contribution is -0.120. The van der Waals surface area contributed by atoms with Crippen LogP contribution in [0.25, 0.3) is 11.3 Å². The number of nitrogens with two attached hydrogens (primary N) is 1. The number of nitrogens with zero attached hydrogens (tertiary/aromatic N) is 6. The number of anilines is 3. The Labute approximate surface area is 223 Å². The maximum Gasteiger partial charge on any atom is 0.227 e. The Balaban J connectivity index is 1.38. The minimum absolute atomic E-state index is 0.268. The molecule has 0 saturated carbocycles. The first-order valence-corrected chi connectivity index (χ1v) is 13.2. The summed E-state index contributed by atoms with van der Waals surface area (Å²) >= 11 is 0. The van der Waals surface area contributed by atoms with Gasteiger partial charge in [-0.15, -0.1) is 0 Å². The van der Waals surface area contributed by atoms with Crippen molar-refractivity contribution in [3.8, 4) is 11.3 Å². The van der Waals surface area contributed by atoms with E-state index in [0.717, 1.165) is 61.8 Å². The fourth-order valence-electron chi connectivity index (χ4n) is 4.45. The van der Waals surface area contributed by atoms with Gasteiger partial charge in [0, 0.05) is 76.4 Å². The third-order valence-electron chi connectivity index (χ3n) is 6.67. The third-order valence-corrected chi connectivity index (χ3v) is 6.67. The second kappa shape index (κ2) is 13.4. The maximum absolute atomic E-state index is 14.5. The number of aromatic nitrogens is 3. The number of carbonyl (C=O) groups is 1. The number of benzene rings is 1. The Morgan fingerprint density at radius 2 is 1.89 bits per heavy atom. The summed E-state index contributed by atoms with van der Waals surface area (Å²) in [5, 5.41) is 3.15. The first-order valence-electron chi connectivity index (χ1n) is 13.2. The summed E-state index contributed by atoms with van der Waals surface area (Å²) in [6.07, 6.45) is 4.94. The van der Waals surface area contributed by atoms with Gasteiger partial charge in [0.1, 0.15) is 17.4 Å². The smallest absolute Gasteiger partial charge is 0.227 e. The number of piperazine rings is 1. The van der Waals surface area contributed by atoms with E-state index < -0.39 is 0 Å². The fraction of sp³-hybridized carbons (Fsp3) is 0.429. The molecule has 1 aliphatic heterocycles. The van der Waals surface area contributed by atoms with Crippen LogP contribution in [0.5, 0.6) is 0 Å². The largest absolute Gasteiger partial charge is 0.360 e.